The molecule has 2 heteroatoms. The summed E-state index contributed by atoms with van der Waals surface area (Å²) in [5, 5.41) is 0. The molecule has 2 rings (SSSR count). The van der Waals surface area contributed by atoms with Gasteiger partial charge in [0, 0.05) is 24.3 Å². The largest absolute Gasteiger partial charge is 0.368 e. The van der Waals surface area contributed by atoms with Gasteiger partial charge in [0.05, 0.1) is 0 Å². The zero-order valence-corrected chi connectivity index (χ0v) is 11.7. The van der Waals surface area contributed by atoms with Gasteiger partial charge in [0.2, 0.25) is 0 Å². The number of hydrogen-bond donors (Lipinski definition) is 1. The molecule has 0 spiro atoms. The molecule has 0 amide bonds. The molecular formula is C16H26N2. The monoisotopic (exact) mass is 246 g/mol. The molecule has 1 heterocycles. The highest BCUT2D eigenvalue weighted by Crippen LogP contribution is 2.32. The molecule has 2 nitrogen and oxygen atoms in total. The maximum atomic E-state index is 6.26. The molecule has 1 saturated heterocycles. The highest BCUT2D eigenvalue weighted by atomic mass is 15.2. The number of piperidine rings is 1. The highest BCUT2D eigenvalue weighted by molar-refractivity contribution is 5.56. The van der Waals surface area contributed by atoms with Gasteiger partial charge in [0.25, 0.3) is 0 Å². The number of nitrogens with zero attached hydrogens (tertiary/aromatic N) is 1. The summed E-state index contributed by atoms with van der Waals surface area (Å²) in [7, 11) is 0. The summed E-state index contributed by atoms with van der Waals surface area (Å²) in [5.41, 5.74) is 8.96. The van der Waals surface area contributed by atoms with E-state index in [0.717, 1.165) is 6.42 Å². The third-order valence-corrected chi connectivity index (χ3v) is 4.18. The van der Waals surface area contributed by atoms with Gasteiger partial charge in [-0.3, -0.25) is 0 Å². The predicted molar refractivity (Wildman–Crippen MR) is 78.9 cm³/mol. The van der Waals surface area contributed by atoms with E-state index in [4.69, 9.17) is 5.73 Å². The lowest BCUT2D eigenvalue weighted by atomic mass is 9.96. The standard InChI is InChI=1S/C16H26N2/c1-3-13-9-7-8-12-18(13)16-11-6-5-10-14(16)15(17)4-2/h5-6,10-11,13,15H,3-4,7-9,12,17H2,1-2H3. The lowest BCUT2D eigenvalue weighted by Gasteiger charge is -2.39. The van der Waals surface area contributed by atoms with Crippen LogP contribution in [0.15, 0.2) is 24.3 Å². The summed E-state index contributed by atoms with van der Waals surface area (Å²) >= 11 is 0. The van der Waals surface area contributed by atoms with Crippen molar-refractivity contribution in [1.82, 2.24) is 0 Å². The van der Waals surface area contributed by atoms with Crippen LogP contribution in [0.5, 0.6) is 0 Å². The Bertz CT molecular complexity index is 375. The average Bonchev–Trinajstić information content (AvgIpc) is 2.46. The van der Waals surface area contributed by atoms with E-state index < -0.39 is 0 Å². The van der Waals surface area contributed by atoms with Crippen LogP contribution in [0, 0.1) is 0 Å². The van der Waals surface area contributed by atoms with Crippen molar-refractivity contribution in [2.24, 2.45) is 5.73 Å². The average molecular weight is 246 g/mol. The molecule has 0 radical (unpaired) electrons. The minimum absolute atomic E-state index is 0.167. The van der Waals surface area contributed by atoms with Crippen molar-refractivity contribution in [3.05, 3.63) is 29.8 Å². The second-order valence-corrected chi connectivity index (χ2v) is 5.32. The highest BCUT2D eigenvalue weighted by Gasteiger charge is 2.23. The summed E-state index contributed by atoms with van der Waals surface area (Å²) in [6, 6.07) is 9.57. The van der Waals surface area contributed by atoms with E-state index in [0.29, 0.717) is 6.04 Å². The van der Waals surface area contributed by atoms with E-state index in [9.17, 15) is 0 Å². The Hall–Kier alpha value is -1.02. The molecule has 0 aromatic heterocycles. The summed E-state index contributed by atoms with van der Waals surface area (Å²) in [6.07, 6.45) is 6.24. The molecule has 1 aromatic rings. The summed E-state index contributed by atoms with van der Waals surface area (Å²) in [4.78, 5) is 2.59. The van der Waals surface area contributed by atoms with Gasteiger partial charge in [0.1, 0.15) is 0 Å². The van der Waals surface area contributed by atoms with Gasteiger partial charge in [0.15, 0.2) is 0 Å². The van der Waals surface area contributed by atoms with Crippen LogP contribution in [-0.4, -0.2) is 12.6 Å². The first-order chi connectivity index (χ1) is 8.77. The Kier molecular flexibility index (Phi) is 4.65. The molecule has 2 N–H and O–H groups in total. The summed E-state index contributed by atoms with van der Waals surface area (Å²) in [6.45, 7) is 5.65. The Labute approximate surface area is 111 Å². The maximum Gasteiger partial charge on any atom is 0.0417 e. The van der Waals surface area contributed by atoms with Gasteiger partial charge < -0.3 is 10.6 Å². The van der Waals surface area contributed by atoms with Crippen molar-refractivity contribution < 1.29 is 0 Å². The van der Waals surface area contributed by atoms with Crippen LogP contribution in [0.4, 0.5) is 5.69 Å². The van der Waals surface area contributed by atoms with Gasteiger partial charge in [-0.15, -0.1) is 0 Å². The molecular weight excluding hydrogens is 220 g/mol. The topological polar surface area (TPSA) is 29.3 Å². The number of para-hydroxylation sites is 1. The number of benzene rings is 1. The van der Waals surface area contributed by atoms with Gasteiger partial charge >= 0.3 is 0 Å². The van der Waals surface area contributed by atoms with Crippen molar-refractivity contribution >= 4 is 5.69 Å². The zero-order valence-electron chi connectivity index (χ0n) is 11.7. The molecule has 2 unspecified atom stereocenters. The van der Waals surface area contributed by atoms with Gasteiger partial charge in [-0.2, -0.15) is 0 Å². The Morgan fingerprint density at radius 3 is 2.78 bits per heavy atom. The SMILES string of the molecule is CCC(N)c1ccccc1N1CCCCC1CC. The minimum Gasteiger partial charge on any atom is -0.368 e. The van der Waals surface area contributed by atoms with Crippen molar-refractivity contribution in [2.45, 2.75) is 58.0 Å². The van der Waals surface area contributed by atoms with E-state index in [1.165, 1.54) is 43.5 Å². The van der Waals surface area contributed by atoms with Gasteiger partial charge in [-0.05, 0) is 43.7 Å². The molecule has 1 fully saturated rings. The summed E-state index contributed by atoms with van der Waals surface area (Å²) in [5.74, 6) is 0. The molecule has 1 aliphatic heterocycles. The van der Waals surface area contributed by atoms with E-state index in [1.54, 1.807) is 0 Å². The molecule has 2 atom stereocenters. The second-order valence-electron chi connectivity index (χ2n) is 5.32. The van der Waals surface area contributed by atoms with Crippen LogP contribution in [0.3, 0.4) is 0 Å². The van der Waals surface area contributed by atoms with E-state index in [1.807, 2.05) is 0 Å². The van der Waals surface area contributed by atoms with Crippen molar-refractivity contribution in [3.63, 3.8) is 0 Å². The first-order valence-electron chi connectivity index (χ1n) is 7.39. The fourth-order valence-corrected chi connectivity index (χ4v) is 3.02. The Balaban J connectivity index is 2.30. The van der Waals surface area contributed by atoms with Crippen LogP contribution >= 0.6 is 0 Å². The fourth-order valence-electron chi connectivity index (χ4n) is 3.02. The van der Waals surface area contributed by atoms with Crippen LogP contribution < -0.4 is 10.6 Å². The number of anilines is 1. The van der Waals surface area contributed by atoms with Crippen LogP contribution in [0.25, 0.3) is 0 Å². The number of rotatable bonds is 4. The molecule has 1 aliphatic rings. The predicted octanol–water partition coefficient (Wildman–Crippen LogP) is 3.87. The first kappa shape index (κ1) is 13.4. The first-order valence-corrected chi connectivity index (χ1v) is 7.39. The van der Waals surface area contributed by atoms with E-state index >= 15 is 0 Å². The maximum absolute atomic E-state index is 6.26. The molecule has 0 aliphatic carbocycles. The van der Waals surface area contributed by atoms with Gasteiger partial charge in [-0.1, -0.05) is 32.0 Å². The molecule has 0 bridgehead atoms. The van der Waals surface area contributed by atoms with Crippen molar-refractivity contribution in [1.29, 1.82) is 0 Å². The molecule has 0 saturated carbocycles. The molecule has 100 valence electrons. The van der Waals surface area contributed by atoms with E-state index in [2.05, 4.69) is 43.0 Å². The Morgan fingerprint density at radius 2 is 2.06 bits per heavy atom. The molecule has 18 heavy (non-hydrogen) atoms. The minimum atomic E-state index is 0.167. The third-order valence-electron chi connectivity index (χ3n) is 4.18. The lowest BCUT2D eigenvalue weighted by molar-refractivity contribution is 0.448. The smallest absolute Gasteiger partial charge is 0.0417 e. The number of nitrogens with two attached hydrogens (primary N) is 1. The quantitative estimate of drug-likeness (QED) is 0.874. The van der Waals surface area contributed by atoms with Crippen molar-refractivity contribution in [2.75, 3.05) is 11.4 Å². The third kappa shape index (κ3) is 2.69. The molecule has 1 aromatic carbocycles. The fraction of sp³-hybridized carbons (Fsp3) is 0.625. The summed E-state index contributed by atoms with van der Waals surface area (Å²) < 4.78 is 0. The number of hydrogen-bond acceptors (Lipinski definition) is 2. The second kappa shape index (κ2) is 6.24. The van der Waals surface area contributed by atoms with E-state index in [-0.39, 0.29) is 6.04 Å². The van der Waals surface area contributed by atoms with Crippen molar-refractivity contribution in [3.8, 4) is 0 Å². The van der Waals surface area contributed by atoms with Gasteiger partial charge in [-0.25, -0.2) is 0 Å². The zero-order chi connectivity index (χ0) is 13.0. The van der Waals surface area contributed by atoms with Crippen LogP contribution in [-0.2, 0) is 0 Å². The Morgan fingerprint density at radius 1 is 1.28 bits per heavy atom. The lowest BCUT2D eigenvalue weighted by Crippen LogP contribution is -2.40. The van der Waals surface area contributed by atoms with Crippen LogP contribution in [0.1, 0.15) is 57.6 Å². The van der Waals surface area contributed by atoms with Crippen LogP contribution in [0.2, 0.25) is 0 Å². The normalized spacial score (nSPS) is 21.9.